The molecule has 0 spiro atoms. The van der Waals surface area contributed by atoms with Crippen LogP contribution in [0.3, 0.4) is 0 Å². The number of carbonyl (C=O) groups excluding carboxylic acids is 1. The number of aliphatic hydroxyl groups excluding tert-OH is 1. The zero-order valence-electron chi connectivity index (χ0n) is 18.0. The maximum atomic E-state index is 12.7. The molecule has 172 valence electrons. The van der Waals surface area contributed by atoms with E-state index in [9.17, 15) is 9.59 Å². The van der Waals surface area contributed by atoms with E-state index in [-0.39, 0.29) is 13.2 Å². The molecule has 0 bridgehead atoms. The zero-order chi connectivity index (χ0) is 23.2. The fourth-order valence-corrected chi connectivity index (χ4v) is 3.11. The van der Waals surface area contributed by atoms with Crippen LogP contribution in [0.25, 0.3) is 0 Å². The normalized spacial score (nSPS) is 12.8. The molecule has 0 unspecified atom stereocenters. The van der Waals surface area contributed by atoms with Crippen LogP contribution in [0.5, 0.6) is 5.75 Å². The molecular formula is C24H29NO7. The number of carboxylic acid groups (broad SMARTS) is 1. The SMILES string of the molecule is CCO[C@H](CC/C=C/C(=O)O)[C@H](OC(=O)Nc1ccccc1)c1ccccc1OCCO. The highest BCUT2D eigenvalue weighted by Crippen LogP contribution is 2.34. The molecule has 0 heterocycles. The second-order valence-corrected chi connectivity index (χ2v) is 6.74. The second kappa shape index (κ2) is 13.8. The van der Waals surface area contributed by atoms with Gasteiger partial charge >= 0.3 is 12.1 Å². The molecule has 0 aromatic heterocycles. The van der Waals surface area contributed by atoms with Gasteiger partial charge in [0.25, 0.3) is 0 Å². The number of rotatable bonds is 13. The van der Waals surface area contributed by atoms with Gasteiger partial charge in [-0.25, -0.2) is 9.59 Å². The molecule has 1 amide bonds. The first kappa shape index (κ1) is 24.9. The van der Waals surface area contributed by atoms with Crippen molar-refractivity contribution >= 4 is 17.7 Å². The minimum atomic E-state index is -1.03. The summed E-state index contributed by atoms with van der Waals surface area (Å²) in [6.45, 7) is 2.12. The average molecular weight is 443 g/mol. The highest BCUT2D eigenvalue weighted by atomic mass is 16.6. The van der Waals surface area contributed by atoms with Crippen molar-refractivity contribution in [3.63, 3.8) is 0 Å². The van der Waals surface area contributed by atoms with Crippen LogP contribution in [0.1, 0.15) is 31.4 Å². The van der Waals surface area contributed by atoms with Crippen molar-refractivity contribution < 1.29 is 34.0 Å². The van der Waals surface area contributed by atoms with Gasteiger partial charge in [0.05, 0.1) is 12.7 Å². The largest absolute Gasteiger partial charge is 0.491 e. The highest BCUT2D eigenvalue weighted by molar-refractivity contribution is 5.84. The molecule has 0 aliphatic heterocycles. The number of hydrogen-bond donors (Lipinski definition) is 3. The van der Waals surface area contributed by atoms with Crippen LogP contribution in [0.15, 0.2) is 66.7 Å². The molecule has 0 fully saturated rings. The van der Waals surface area contributed by atoms with Gasteiger partial charge in [0.2, 0.25) is 0 Å². The first-order valence-electron chi connectivity index (χ1n) is 10.4. The van der Waals surface area contributed by atoms with Gasteiger partial charge in [-0.2, -0.15) is 0 Å². The fourth-order valence-electron chi connectivity index (χ4n) is 3.11. The van der Waals surface area contributed by atoms with E-state index in [2.05, 4.69) is 5.32 Å². The fraction of sp³-hybridized carbons (Fsp3) is 0.333. The lowest BCUT2D eigenvalue weighted by Crippen LogP contribution is -2.29. The molecule has 0 aliphatic rings. The molecule has 0 aliphatic carbocycles. The van der Waals surface area contributed by atoms with Gasteiger partial charge in [-0.15, -0.1) is 0 Å². The summed E-state index contributed by atoms with van der Waals surface area (Å²) in [4.78, 5) is 23.4. The van der Waals surface area contributed by atoms with Crippen molar-refractivity contribution in [3.8, 4) is 5.75 Å². The summed E-state index contributed by atoms with van der Waals surface area (Å²) < 4.78 is 17.3. The Morgan fingerprint density at radius 3 is 2.50 bits per heavy atom. The summed E-state index contributed by atoms with van der Waals surface area (Å²) in [5.74, 6) is -0.569. The van der Waals surface area contributed by atoms with Crippen LogP contribution < -0.4 is 10.1 Å². The monoisotopic (exact) mass is 443 g/mol. The number of nitrogens with one attached hydrogen (secondary N) is 1. The van der Waals surface area contributed by atoms with Crippen molar-refractivity contribution in [1.29, 1.82) is 0 Å². The number of para-hydroxylation sites is 2. The van der Waals surface area contributed by atoms with Crippen LogP contribution in [-0.4, -0.2) is 48.2 Å². The Hall–Kier alpha value is -3.36. The minimum absolute atomic E-state index is 0.0839. The van der Waals surface area contributed by atoms with E-state index in [0.717, 1.165) is 6.08 Å². The highest BCUT2D eigenvalue weighted by Gasteiger charge is 2.30. The van der Waals surface area contributed by atoms with Crippen molar-refractivity contribution in [2.75, 3.05) is 25.1 Å². The van der Waals surface area contributed by atoms with Crippen LogP contribution in [0.4, 0.5) is 10.5 Å². The van der Waals surface area contributed by atoms with Crippen LogP contribution in [0.2, 0.25) is 0 Å². The number of aliphatic hydroxyl groups is 1. The Morgan fingerprint density at radius 2 is 1.81 bits per heavy atom. The number of benzene rings is 2. The van der Waals surface area contributed by atoms with Gasteiger partial charge in [0.1, 0.15) is 12.4 Å². The van der Waals surface area contributed by atoms with Gasteiger partial charge in [0.15, 0.2) is 6.10 Å². The predicted molar refractivity (Wildman–Crippen MR) is 120 cm³/mol. The Kier molecular flexibility index (Phi) is 10.8. The van der Waals surface area contributed by atoms with Gasteiger partial charge < -0.3 is 24.4 Å². The summed E-state index contributed by atoms with van der Waals surface area (Å²) >= 11 is 0. The molecule has 32 heavy (non-hydrogen) atoms. The Morgan fingerprint density at radius 1 is 1.09 bits per heavy atom. The molecule has 2 atom stereocenters. The summed E-state index contributed by atoms with van der Waals surface area (Å²) in [5, 5.41) is 20.7. The Bertz CT molecular complexity index is 870. The summed E-state index contributed by atoms with van der Waals surface area (Å²) in [6.07, 6.45) is 1.38. The third-order valence-corrected chi connectivity index (χ3v) is 4.43. The standard InChI is InChI=1S/C24H29NO7/c1-2-30-21(14-8-9-15-22(27)28)23(19-12-6-7-13-20(19)31-17-16-26)32-24(29)25-18-10-4-3-5-11-18/h3-7,9-13,15,21,23,26H,2,8,14,16-17H2,1H3,(H,25,29)(H,27,28)/b15-9+/t21-,23-/m1/s1. The number of aliphatic carboxylic acids is 1. The molecule has 2 aromatic carbocycles. The molecule has 8 nitrogen and oxygen atoms in total. The smallest absolute Gasteiger partial charge is 0.412 e. The van der Waals surface area contributed by atoms with E-state index < -0.39 is 24.3 Å². The summed E-state index contributed by atoms with van der Waals surface area (Å²) in [6, 6.07) is 16.0. The van der Waals surface area contributed by atoms with E-state index in [1.54, 1.807) is 48.5 Å². The minimum Gasteiger partial charge on any atom is -0.491 e. The van der Waals surface area contributed by atoms with Gasteiger partial charge in [-0.05, 0) is 38.0 Å². The number of ether oxygens (including phenoxy) is 3. The third kappa shape index (κ3) is 8.41. The first-order chi connectivity index (χ1) is 15.5. The quantitative estimate of drug-likeness (QED) is 0.398. The number of amides is 1. The van der Waals surface area contributed by atoms with E-state index in [0.29, 0.717) is 36.4 Å². The van der Waals surface area contributed by atoms with E-state index >= 15 is 0 Å². The van der Waals surface area contributed by atoms with Gasteiger partial charge in [-0.3, -0.25) is 5.32 Å². The van der Waals surface area contributed by atoms with Crippen molar-refractivity contribution in [2.24, 2.45) is 0 Å². The van der Waals surface area contributed by atoms with E-state index in [1.807, 2.05) is 13.0 Å². The lowest BCUT2D eigenvalue weighted by atomic mass is 9.99. The third-order valence-electron chi connectivity index (χ3n) is 4.43. The molecule has 8 heteroatoms. The average Bonchev–Trinajstić information content (AvgIpc) is 2.79. The lowest BCUT2D eigenvalue weighted by Gasteiger charge is -2.28. The van der Waals surface area contributed by atoms with Crippen LogP contribution in [-0.2, 0) is 14.3 Å². The Labute approximate surface area is 187 Å². The predicted octanol–water partition coefficient (Wildman–Crippen LogP) is 4.17. The van der Waals surface area contributed by atoms with Crippen molar-refractivity contribution in [1.82, 2.24) is 0 Å². The summed E-state index contributed by atoms with van der Waals surface area (Å²) in [7, 11) is 0. The molecule has 0 saturated carbocycles. The number of carboxylic acids is 1. The van der Waals surface area contributed by atoms with Crippen molar-refractivity contribution in [3.05, 3.63) is 72.3 Å². The second-order valence-electron chi connectivity index (χ2n) is 6.74. The van der Waals surface area contributed by atoms with Gasteiger partial charge in [-0.1, -0.05) is 42.5 Å². The maximum absolute atomic E-state index is 12.7. The van der Waals surface area contributed by atoms with E-state index in [1.165, 1.54) is 6.08 Å². The van der Waals surface area contributed by atoms with E-state index in [4.69, 9.17) is 24.4 Å². The van der Waals surface area contributed by atoms with Gasteiger partial charge in [0, 0.05) is 23.9 Å². The number of carbonyl (C=O) groups is 2. The van der Waals surface area contributed by atoms with Crippen LogP contribution in [0, 0.1) is 0 Å². The van der Waals surface area contributed by atoms with Crippen molar-refractivity contribution in [2.45, 2.75) is 32.0 Å². The molecule has 0 saturated heterocycles. The molecule has 2 rings (SSSR count). The number of hydrogen-bond acceptors (Lipinski definition) is 6. The zero-order valence-corrected chi connectivity index (χ0v) is 18.0. The van der Waals surface area contributed by atoms with Crippen LogP contribution >= 0.6 is 0 Å². The molecule has 0 radical (unpaired) electrons. The lowest BCUT2D eigenvalue weighted by molar-refractivity contribution is -0.131. The molecule has 2 aromatic rings. The molecular weight excluding hydrogens is 414 g/mol. The topological polar surface area (TPSA) is 114 Å². The molecule has 3 N–H and O–H groups in total. The number of allylic oxidation sites excluding steroid dienone is 1. The number of anilines is 1. The maximum Gasteiger partial charge on any atom is 0.412 e. The first-order valence-corrected chi connectivity index (χ1v) is 10.4. The summed E-state index contributed by atoms with van der Waals surface area (Å²) in [5.41, 5.74) is 1.17. The Balaban J connectivity index is 2.29.